The molecule has 1 aromatic heterocycles. The van der Waals surface area contributed by atoms with Crippen molar-refractivity contribution in [2.45, 2.75) is 26.3 Å². The van der Waals surface area contributed by atoms with E-state index in [9.17, 15) is 13.2 Å². The van der Waals surface area contributed by atoms with Gasteiger partial charge in [0.25, 0.3) is 0 Å². The van der Waals surface area contributed by atoms with Gasteiger partial charge in [0, 0.05) is 16.2 Å². The third-order valence-electron chi connectivity index (χ3n) is 3.22. The second kappa shape index (κ2) is 5.61. The van der Waals surface area contributed by atoms with E-state index in [0.29, 0.717) is 22.2 Å². The van der Waals surface area contributed by atoms with Gasteiger partial charge in [0.05, 0.1) is 11.6 Å². The summed E-state index contributed by atoms with van der Waals surface area (Å²) in [4.78, 5) is 4.46. The highest BCUT2D eigenvalue weighted by Gasteiger charge is 2.31. The SMILES string of the molecule is CC(C)Oc1nc2ccccc2c2cc(OC(F)(F)F)ccc12. The molecule has 0 saturated carbocycles. The van der Waals surface area contributed by atoms with E-state index in [0.717, 1.165) is 5.39 Å². The van der Waals surface area contributed by atoms with Crippen LogP contribution in [0.3, 0.4) is 0 Å². The Morgan fingerprint density at radius 2 is 1.70 bits per heavy atom. The minimum absolute atomic E-state index is 0.0991. The Kier molecular flexibility index (Phi) is 3.75. The van der Waals surface area contributed by atoms with Crippen LogP contribution in [-0.4, -0.2) is 17.5 Å². The molecule has 3 nitrogen and oxygen atoms in total. The van der Waals surface area contributed by atoms with Gasteiger partial charge in [0.1, 0.15) is 5.75 Å². The van der Waals surface area contributed by atoms with E-state index >= 15 is 0 Å². The summed E-state index contributed by atoms with van der Waals surface area (Å²) in [7, 11) is 0. The molecule has 0 aliphatic rings. The second-order valence-corrected chi connectivity index (χ2v) is 5.36. The molecule has 0 N–H and O–H groups in total. The van der Waals surface area contributed by atoms with Gasteiger partial charge in [0.15, 0.2) is 0 Å². The van der Waals surface area contributed by atoms with Crippen molar-refractivity contribution in [3.63, 3.8) is 0 Å². The van der Waals surface area contributed by atoms with Gasteiger partial charge in [0.2, 0.25) is 5.88 Å². The molecule has 3 aromatic rings. The van der Waals surface area contributed by atoms with Gasteiger partial charge in [-0.2, -0.15) is 0 Å². The predicted octanol–water partition coefficient (Wildman–Crippen LogP) is 5.07. The zero-order valence-corrected chi connectivity index (χ0v) is 12.5. The number of fused-ring (bicyclic) bond motifs is 3. The number of hydrogen-bond donors (Lipinski definition) is 0. The molecule has 3 rings (SSSR count). The smallest absolute Gasteiger partial charge is 0.474 e. The van der Waals surface area contributed by atoms with E-state index in [4.69, 9.17) is 4.74 Å². The average Bonchev–Trinajstić information content (AvgIpc) is 2.45. The molecule has 1 heterocycles. The van der Waals surface area contributed by atoms with Crippen LogP contribution in [0.25, 0.3) is 21.7 Å². The lowest BCUT2D eigenvalue weighted by atomic mass is 10.1. The van der Waals surface area contributed by atoms with Crippen LogP contribution in [0.2, 0.25) is 0 Å². The lowest BCUT2D eigenvalue weighted by Crippen LogP contribution is -2.17. The van der Waals surface area contributed by atoms with Crippen molar-refractivity contribution in [3.05, 3.63) is 42.5 Å². The molecule has 120 valence electrons. The molecular weight excluding hydrogens is 307 g/mol. The van der Waals surface area contributed by atoms with Gasteiger partial charge in [-0.3, -0.25) is 0 Å². The summed E-state index contributed by atoms with van der Waals surface area (Å²) in [5, 5.41) is 1.99. The van der Waals surface area contributed by atoms with Gasteiger partial charge in [-0.1, -0.05) is 18.2 Å². The molecule has 0 aliphatic heterocycles. The van der Waals surface area contributed by atoms with Crippen molar-refractivity contribution in [1.82, 2.24) is 4.98 Å². The molecule has 0 radical (unpaired) electrons. The van der Waals surface area contributed by atoms with Crippen LogP contribution in [-0.2, 0) is 0 Å². The Bertz CT molecular complexity index is 859. The number of halogens is 3. The number of aromatic nitrogens is 1. The number of rotatable bonds is 3. The van der Waals surface area contributed by atoms with Crippen LogP contribution >= 0.6 is 0 Å². The van der Waals surface area contributed by atoms with Crippen LogP contribution in [0.4, 0.5) is 13.2 Å². The number of alkyl halides is 3. The molecular formula is C17H14F3NO2. The van der Waals surface area contributed by atoms with Crippen LogP contribution in [0.5, 0.6) is 11.6 Å². The molecule has 23 heavy (non-hydrogen) atoms. The predicted molar refractivity (Wildman–Crippen MR) is 81.7 cm³/mol. The molecule has 0 bridgehead atoms. The Morgan fingerprint density at radius 3 is 2.39 bits per heavy atom. The van der Waals surface area contributed by atoms with E-state index in [1.54, 1.807) is 12.1 Å². The normalized spacial score (nSPS) is 12.1. The standard InChI is InChI=1S/C17H14F3NO2/c1-10(2)22-16-13-8-7-11(23-17(18,19)20)9-14(13)12-5-3-4-6-15(12)21-16/h3-10H,1-2H3. The fraction of sp³-hybridized carbons (Fsp3) is 0.235. The maximum atomic E-state index is 12.4. The summed E-state index contributed by atoms with van der Waals surface area (Å²) in [6.45, 7) is 3.73. The fourth-order valence-corrected chi connectivity index (χ4v) is 2.41. The lowest BCUT2D eigenvalue weighted by Gasteiger charge is -2.15. The van der Waals surface area contributed by atoms with Crippen LogP contribution in [0.1, 0.15) is 13.8 Å². The Labute approximate surface area is 130 Å². The van der Waals surface area contributed by atoms with Crippen molar-refractivity contribution in [1.29, 1.82) is 0 Å². The largest absolute Gasteiger partial charge is 0.573 e. The van der Waals surface area contributed by atoms with E-state index in [2.05, 4.69) is 9.72 Å². The van der Waals surface area contributed by atoms with Gasteiger partial charge in [-0.05, 0) is 38.1 Å². The van der Waals surface area contributed by atoms with Crippen LogP contribution in [0, 0.1) is 0 Å². The van der Waals surface area contributed by atoms with Crippen LogP contribution in [0.15, 0.2) is 42.5 Å². The highest BCUT2D eigenvalue weighted by Crippen LogP contribution is 2.35. The van der Waals surface area contributed by atoms with Gasteiger partial charge >= 0.3 is 6.36 Å². The summed E-state index contributed by atoms with van der Waals surface area (Å²) in [6.07, 6.45) is -4.83. The number of para-hydroxylation sites is 1. The monoisotopic (exact) mass is 321 g/mol. The highest BCUT2D eigenvalue weighted by molar-refractivity contribution is 6.08. The highest BCUT2D eigenvalue weighted by atomic mass is 19.4. The summed E-state index contributed by atoms with van der Waals surface area (Å²) in [5.41, 5.74) is 0.653. The minimum Gasteiger partial charge on any atom is -0.474 e. The molecule has 0 fully saturated rings. The van der Waals surface area contributed by atoms with Crippen molar-refractivity contribution in [2.24, 2.45) is 0 Å². The minimum atomic E-state index is -4.73. The van der Waals surface area contributed by atoms with Crippen molar-refractivity contribution >= 4 is 21.7 Å². The first kappa shape index (κ1) is 15.4. The van der Waals surface area contributed by atoms with Crippen molar-refractivity contribution < 1.29 is 22.6 Å². The number of pyridine rings is 1. The third kappa shape index (κ3) is 3.31. The van der Waals surface area contributed by atoms with Gasteiger partial charge in [-0.25, -0.2) is 4.98 Å². The van der Waals surface area contributed by atoms with E-state index in [-0.39, 0.29) is 11.9 Å². The third-order valence-corrected chi connectivity index (χ3v) is 3.22. The Balaban J connectivity index is 2.25. The number of ether oxygens (including phenoxy) is 2. The van der Waals surface area contributed by atoms with Gasteiger partial charge in [-0.15, -0.1) is 13.2 Å². The quantitative estimate of drug-likeness (QED) is 0.631. The van der Waals surface area contributed by atoms with Crippen molar-refractivity contribution in [2.75, 3.05) is 0 Å². The molecule has 6 heteroatoms. The zero-order chi connectivity index (χ0) is 16.6. The molecule has 0 aliphatic carbocycles. The molecule has 0 amide bonds. The molecule has 0 unspecified atom stereocenters. The zero-order valence-electron chi connectivity index (χ0n) is 12.5. The number of nitrogens with zero attached hydrogens (tertiary/aromatic N) is 1. The van der Waals surface area contributed by atoms with E-state index in [1.165, 1.54) is 18.2 Å². The summed E-state index contributed by atoms with van der Waals surface area (Å²) < 4.78 is 47.1. The van der Waals surface area contributed by atoms with Crippen molar-refractivity contribution in [3.8, 4) is 11.6 Å². The summed E-state index contributed by atoms with van der Waals surface area (Å²) >= 11 is 0. The first-order valence-electron chi connectivity index (χ1n) is 7.08. The van der Waals surface area contributed by atoms with E-state index < -0.39 is 6.36 Å². The first-order chi connectivity index (χ1) is 10.8. The van der Waals surface area contributed by atoms with Gasteiger partial charge < -0.3 is 9.47 Å². The number of benzene rings is 2. The number of hydrogen-bond acceptors (Lipinski definition) is 3. The molecule has 0 spiro atoms. The maximum Gasteiger partial charge on any atom is 0.573 e. The Morgan fingerprint density at radius 1 is 0.957 bits per heavy atom. The Hall–Kier alpha value is -2.50. The average molecular weight is 321 g/mol. The molecule has 0 atom stereocenters. The second-order valence-electron chi connectivity index (χ2n) is 5.36. The lowest BCUT2D eigenvalue weighted by molar-refractivity contribution is -0.274. The maximum absolute atomic E-state index is 12.4. The molecule has 0 saturated heterocycles. The topological polar surface area (TPSA) is 31.4 Å². The summed E-state index contributed by atoms with van der Waals surface area (Å²) in [5.74, 6) is 0.129. The van der Waals surface area contributed by atoms with E-state index in [1.807, 2.05) is 26.0 Å². The summed E-state index contributed by atoms with van der Waals surface area (Å²) in [6, 6.07) is 11.4. The molecule has 2 aromatic carbocycles. The first-order valence-corrected chi connectivity index (χ1v) is 7.08. The van der Waals surface area contributed by atoms with Crippen LogP contribution < -0.4 is 9.47 Å². The fourth-order valence-electron chi connectivity index (χ4n) is 2.41.